The Morgan fingerprint density at radius 2 is 2.14 bits per heavy atom. The first kappa shape index (κ1) is 16.0. The van der Waals surface area contributed by atoms with Gasteiger partial charge in [0.2, 0.25) is 5.09 Å². The van der Waals surface area contributed by atoms with E-state index in [1.54, 1.807) is 11.8 Å². The Morgan fingerprint density at radius 3 is 2.76 bits per heavy atom. The van der Waals surface area contributed by atoms with Gasteiger partial charge in [0.25, 0.3) is 15.9 Å². The van der Waals surface area contributed by atoms with Crippen LogP contribution in [0.15, 0.2) is 15.6 Å². The lowest BCUT2D eigenvalue weighted by atomic mass is 10.0. The molecule has 0 aromatic carbocycles. The summed E-state index contributed by atoms with van der Waals surface area (Å²) in [6, 6.07) is 1.57. The van der Waals surface area contributed by atoms with Crippen molar-refractivity contribution in [3.05, 3.63) is 17.4 Å². The van der Waals surface area contributed by atoms with E-state index in [9.17, 15) is 13.2 Å². The van der Waals surface area contributed by atoms with E-state index in [4.69, 9.17) is 4.42 Å². The molecule has 8 heteroatoms. The maximum absolute atomic E-state index is 12.5. The normalized spacial score (nSPS) is 19.8. The van der Waals surface area contributed by atoms with Crippen LogP contribution in [0.1, 0.15) is 29.0 Å². The number of carbonyl (C=O) groups is 1. The van der Waals surface area contributed by atoms with Crippen LogP contribution in [0.4, 0.5) is 0 Å². The lowest BCUT2D eigenvalue weighted by Gasteiger charge is -2.32. The van der Waals surface area contributed by atoms with E-state index in [1.807, 2.05) is 7.05 Å². The number of rotatable bonds is 4. The Labute approximate surface area is 124 Å². The second-order valence-corrected chi connectivity index (χ2v) is 6.94. The van der Waals surface area contributed by atoms with Crippen LogP contribution in [0.3, 0.4) is 0 Å². The highest BCUT2D eigenvalue weighted by Gasteiger charge is 2.28. The van der Waals surface area contributed by atoms with Crippen LogP contribution >= 0.6 is 0 Å². The molecular formula is C13H21N3O4S. The molecule has 0 saturated carbocycles. The summed E-state index contributed by atoms with van der Waals surface area (Å²) in [5.41, 5.74) is 0.306. The molecule has 0 aliphatic carbocycles. The third-order valence-corrected chi connectivity index (χ3v) is 5.04. The summed E-state index contributed by atoms with van der Waals surface area (Å²) in [5, 5.41) is 2.94. The molecule has 21 heavy (non-hydrogen) atoms. The summed E-state index contributed by atoms with van der Waals surface area (Å²) in [5.74, 6) is 0.133. The number of amides is 1. The molecule has 0 bridgehead atoms. The summed E-state index contributed by atoms with van der Waals surface area (Å²) in [4.78, 5) is 14.3. The molecule has 1 atom stereocenters. The molecule has 2 N–H and O–H groups in total. The zero-order chi connectivity index (χ0) is 15.6. The molecule has 0 radical (unpaired) electrons. The van der Waals surface area contributed by atoms with Crippen molar-refractivity contribution in [2.45, 2.75) is 30.9 Å². The first-order chi connectivity index (χ1) is 9.89. The van der Waals surface area contributed by atoms with Crippen molar-refractivity contribution in [3.8, 4) is 0 Å². The standard InChI is InChI=1S/C13H21N3O4S/c1-9-11(7-12(20-9)21(18,19)15-3)13(17)16-6-4-5-10(8-16)14-2/h7,10,14-15H,4-6,8H2,1-3H3. The third-order valence-electron chi connectivity index (χ3n) is 3.78. The van der Waals surface area contributed by atoms with Gasteiger partial charge in [0.15, 0.2) is 0 Å². The van der Waals surface area contributed by atoms with Crippen molar-refractivity contribution >= 4 is 15.9 Å². The van der Waals surface area contributed by atoms with Crippen LogP contribution < -0.4 is 10.0 Å². The van der Waals surface area contributed by atoms with Gasteiger partial charge in [0.1, 0.15) is 5.76 Å². The molecule has 1 aromatic heterocycles. The number of likely N-dealkylation sites (N-methyl/N-ethyl adjacent to an activating group) is 1. The zero-order valence-corrected chi connectivity index (χ0v) is 13.3. The number of sulfonamides is 1. The minimum atomic E-state index is -3.68. The number of likely N-dealkylation sites (tertiary alicyclic amines) is 1. The molecular weight excluding hydrogens is 294 g/mol. The summed E-state index contributed by atoms with van der Waals surface area (Å²) in [6.07, 6.45) is 1.96. The summed E-state index contributed by atoms with van der Waals surface area (Å²) in [6.45, 7) is 2.89. The lowest BCUT2D eigenvalue weighted by Crippen LogP contribution is -2.47. The summed E-state index contributed by atoms with van der Waals surface area (Å²) < 4.78 is 30.8. The predicted molar refractivity (Wildman–Crippen MR) is 77.7 cm³/mol. The molecule has 2 heterocycles. The van der Waals surface area contributed by atoms with Crippen molar-refractivity contribution in [2.75, 3.05) is 27.2 Å². The van der Waals surface area contributed by atoms with Gasteiger partial charge in [-0.05, 0) is 33.9 Å². The second kappa shape index (κ2) is 6.17. The number of hydrogen-bond donors (Lipinski definition) is 2. The van der Waals surface area contributed by atoms with Gasteiger partial charge in [-0.15, -0.1) is 0 Å². The van der Waals surface area contributed by atoms with Crippen LogP contribution in [-0.2, 0) is 10.0 Å². The molecule has 2 rings (SSSR count). The van der Waals surface area contributed by atoms with E-state index >= 15 is 0 Å². The molecule has 1 amide bonds. The van der Waals surface area contributed by atoms with Crippen molar-refractivity contribution < 1.29 is 17.6 Å². The van der Waals surface area contributed by atoms with Gasteiger partial charge < -0.3 is 14.6 Å². The molecule has 0 spiro atoms. The smallest absolute Gasteiger partial charge is 0.273 e. The van der Waals surface area contributed by atoms with E-state index in [0.29, 0.717) is 24.4 Å². The molecule has 1 aliphatic rings. The molecule has 118 valence electrons. The maximum Gasteiger partial charge on any atom is 0.273 e. The minimum absolute atomic E-state index is 0.186. The van der Waals surface area contributed by atoms with E-state index in [1.165, 1.54) is 13.1 Å². The van der Waals surface area contributed by atoms with Gasteiger partial charge in [-0.1, -0.05) is 0 Å². The highest BCUT2D eigenvalue weighted by molar-refractivity contribution is 7.89. The van der Waals surface area contributed by atoms with Gasteiger partial charge in [-0.3, -0.25) is 4.79 Å². The van der Waals surface area contributed by atoms with Crippen molar-refractivity contribution in [2.24, 2.45) is 0 Å². The van der Waals surface area contributed by atoms with Crippen molar-refractivity contribution in [1.29, 1.82) is 0 Å². The van der Waals surface area contributed by atoms with Gasteiger partial charge in [0, 0.05) is 25.2 Å². The topological polar surface area (TPSA) is 91.7 Å². The number of piperidine rings is 1. The average Bonchev–Trinajstić information content (AvgIpc) is 2.89. The number of nitrogens with one attached hydrogen (secondary N) is 2. The number of nitrogens with zero attached hydrogens (tertiary/aromatic N) is 1. The van der Waals surface area contributed by atoms with Crippen molar-refractivity contribution in [3.63, 3.8) is 0 Å². The lowest BCUT2D eigenvalue weighted by molar-refractivity contribution is 0.0696. The fourth-order valence-corrected chi connectivity index (χ4v) is 3.18. The van der Waals surface area contributed by atoms with Crippen molar-refractivity contribution in [1.82, 2.24) is 14.9 Å². The third kappa shape index (κ3) is 3.28. The Bertz CT molecular complexity index is 623. The molecule has 1 fully saturated rings. The average molecular weight is 315 g/mol. The van der Waals surface area contributed by atoms with E-state index < -0.39 is 10.0 Å². The van der Waals surface area contributed by atoms with Gasteiger partial charge in [0.05, 0.1) is 5.56 Å². The van der Waals surface area contributed by atoms with E-state index in [0.717, 1.165) is 12.8 Å². The SMILES string of the molecule is CNC1CCCN(C(=O)c2cc(S(=O)(=O)NC)oc2C)C1. The van der Waals surface area contributed by atoms with Gasteiger partial charge in [-0.25, -0.2) is 13.1 Å². The Kier molecular flexibility index (Phi) is 4.70. The highest BCUT2D eigenvalue weighted by atomic mass is 32.2. The Morgan fingerprint density at radius 1 is 1.43 bits per heavy atom. The van der Waals surface area contributed by atoms with Crippen LogP contribution in [0.5, 0.6) is 0 Å². The Balaban J connectivity index is 2.24. The second-order valence-electron chi connectivity index (χ2n) is 5.12. The van der Waals surface area contributed by atoms with Crippen LogP contribution in [-0.4, -0.2) is 52.5 Å². The van der Waals surface area contributed by atoms with Crippen LogP contribution in [0, 0.1) is 6.92 Å². The quantitative estimate of drug-likeness (QED) is 0.835. The number of furan rings is 1. The first-order valence-electron chi connectivity index (χ1n) is 6.89. The fraction of sp³-hybridized carbons (Fsp3) is 0.615. The molecule has 1 unspecified atom stereocenters. The number of hydrogen-bond acceptors (Lipinski definition) is 5. The predicted octanol–water partition coefficient (Wildman–Crippen LogP) is 0.320. The molecule has 1 aliphatic heterocycles. The number of carbonyl (C=O) groups excluding carboxylic acids is 1. The zero-order valence-electron chi connectivity index (χ0n) is 12.5. The van der Waals surface area contributed by atoms with Gasteiger partial charge in [-0.2, -0.15) is 0 Å². The first-order valence-corrected chi connectivity index (χ1v) is 8.38. The van der Waals surface area contributed by atoms with Gasteiger partial charge >= 0.3 is 0 Å². The van der Waals surface area contributed by atoms with E-state index in [2.05, 4.69) is 10.0 Å². The summed E-state index contributed by atoms with van der Waals surface area (Å²) in [7, 11) is -0.503. The molecule has 7 nitrogen and oxygen atoms in total. The minimum Gasteiger partial charge on any atom is -0.448 e. The monoisotopic (exact) mass is 315 g/mol. The fourth-order valence-electron chi connectivity index (χ4n) is 2.47. The molecule has 1 saturated heterocycles. The van der Waals surface area contributed by atoms with Crippen LogP contribution in [0.2, 0.25) is 0 Å². The van der Waals surface area contributed by atoms with E-state index in [-0.39, 0.29) is 17.0 Å². The largest absolute Gasteiger partial charge is 0.448 e. The maximum atomic E-state index is 12.5. The Hall–Kier alpha value is -1.38. The summed E-state index contributed by atoms with van der Waals surface area (Å²) >= 11 is 0. The number of aryl methyl sites for hydroxylation is 1. The highest BCUT2D eigenvalue weighted by Crippen LogP contribution is 2.22. The van der Waals surface area contributed by atoms with Crippen LogP contribution in [0.25, 0.3) is 0 Å². The molecule has 1 aromatic rings.